The van der Waals surface area contributed by atoms with Crippen molar-refractivity contribution in [3.05, 3.63) is 29.8 Å². The van der Waals surface area contributed by atoms with Gasteiger partial charge in [0, 0.05) is 19.8 Å². The molecule has 4 nitrogen and oxygen atoms in total. The van der Waals surface area contributed by atoms with Crippen LogP contribution in [0, 0.1) is 0 Å². The quantitative estimate of drug-likeness (QED) is 0.756. The fourth-order valence-electron chi connectivity index (χ4n) is 1.66. The lowest BCUT2D eigenvalue weighted by atomic mass is 10.0. The number of benzene rings is 1. The molecule has 17 heavy (non-hydrogen) atoms. The third-order valence-corrected chi connectivity index (χ3v) is 2.70. The average Bonchev–Trinajstić information content (AvgIpc) is 2.36. The van der Waals surface area contributed by atoms with E-state index in [9.17, 15) is 5.11 Å². The maximum atomic E-state index is 10.0. The molecular weight excluding hydrogens is 218 g/mol. The second-order valence-corrected chi connectivity index (χ2v) is 4.07. The number of aliphatic hydroxyl groups excluding tert-OH is 1. The van der Waals surface area contributed by atoms with Crippen molar-refractivity contribution < 1.29 is 14.6 Å². The Morgan fingerprint density at radius 1 is 1.35 bits per heavy atom. The smallest absolute Gasteiger partial charge is 0.119 e. The van der Waals surface area contributed by atoms with E-state index in [1.54, 1.807) is 14.2 Å². The first-order chi connectivity index (χ1) is 8.17. The molecule has 0 heterocycles. The SMILES string of the molecule is COCCC(N)CC(O)c1cccc(OC)c1. The summed E-state index contributed by atoms with van der Waals surface area (Å²) in [5.74, 6) is 0.743. The van der Waals surface area contributed by atoms with Crippen LogP contribution >= 0.6 is 0 Å². The zero-order chi connectivity index (χ0) is 12.7. The number of ether oxygens (including phenoxy) is 2. The first kappa shape index (κ1) is 14.0. The minimum atomic E-state index is -0.558. The molecule has 1 aromatic carbocycles. The van der Waals surface area contributed by atoms with Crippen LogP contribution in [0.2, 0.25) is 0 Å². The van der Waals surface area contributed by atoms with E-state index in [1.807, 2.05) is 24.3 Å². The molecule has 0 aliphatic rings. The summed E-state index contributed by atoms with van der Waals surface area (Å²) in [6, 6.07) is 7.35. The molecule has 0 saturated carbocycles. The van der Waals surface area contributed by atoms with Crippen LogP contribution in [-0.4, -0.2) is 32.0 Å². The van der Waals surface area contributed by atoms with Gasteiger partial charge in [-0.2, -0.15) is 0 Å². The fourth-order valence-corrected chi connectivity index (χ4v) is 1.66. The van der Waals surface area contributed by atoms with E-state index < -0.39 is 6.10 Å². The largest absolute Gasteiger partial charge is 0.497 e. The van der Waals surface area contributed by atoms with Crippen LogP contribution in [0.3, 0.4) is 0 Å². The number of aliphatic hydroxyl groups is 1. The molecule has 96 valence electrons. The molecule has 2 atom stereocenters. The van der Waals surface area contributed by atoms with E-state index in [0.29, 0.717) is 13.0 Å². The topological polar surface area (TPSA) is 64.7 Å². The first-order valence-corrected chi connectivity index (χ1v) is 5.74. The normalized spacial score (nSPS) is 14.4. The van der Waals surface area contributed by atoms with Crippen molar-refractivity contribution in [2.24, 2.45) is 5.73 Å². The fraction of sp³-hybridized carbons (Fsp3) is 0.538. The van der Waals surface area contributed by atoms with Gasteiger partial charge in [0.25, 0.3) is 0 Å². The van der Waals surface area contributed by atoms with Crippen LogP contribution in [-0.2, 0) is 4.74 Å². The second kappa shape index (κ2) is 7.27. The monoisotopic (exact) mass is 239 g/mol. The molecule has 0 saturated heterocycles. The molecule has 0 spiro atoms. The molecule has 0 bridgehead atoms. The van der Waals surface area contributed by atoms with E-state index in [2.05, 4.69) is 0 Å². The summed E-state index contributed by atoms with van der Waals surface area (Å²) >= 11 is 0. The Labute approximate surface area is 102 Å². The number of hydrogen-bond acceptors (Lipinski definition) is 4. The van der Waals surface area contributed by atoms with Gasteiger partial charge in [-0.15, -0.1) is 0 Å². The standard InChI is InChI=1S/C13H21NO3/c1-16-7-6-11(14)9-13(15)10-4-3-5-12(8-10)17-2/h3-5,8,11,13,15H,6-7,9,14H2,1-2H3. The number of hydrogen-bond donors (Lipinski definition) is 2. The second-order valence-electron chi connectivity index (χ2n) is 4.07. The van der Waals surface area contributed by atoms with Gasteiger partial charge in [-0.05, 0) is 30.5 Å². The Balaban J connectivity index is 2.53. The third kappa shape index (κ3) is 4.73. The summed E-state index contributed by atoms with van der Waals surface area (Å²) < 4.78 is 10.1. The van der Waals surface area contributed by atoms with Gasteiger partial charge in [-0.1, -0.05) is 12.1 Å². The molecule has 0 amide bonds. The number of rotatable bonds is 7. The molecule has 0 aromatic heterocycles. The van der Waals surface area contributed by atoms with Crippen molar-refractivity contribution in [2.45, 2.75) is 25.0 Å². The highest BCUT2D eigenvalue weighted by Crippen LogP contribution is 2.22. The molecule has 0 fully saturated rings. The molecule has 4 heteroatoms. The zero-order valence-electron chi connectivity index (χ0n) is 10.4. The van der Waals surface area contributed by atoms with E-state index in [4.69, 9.17) is 15.2 Å². The summed E-state index contributed by atoms with van der Waals surface area (Å²) in [4.78, 5) is 0. The van der Waals surface area contributed by atoms with Crippen molar-refractivity contribution in [1.29, 1.82) is 0 Å². The van der Waals surface area contributed by atoms with Gasteiger partial charge >= 0.3 is 0 Å². The predicted octanol–water partition coefficient (Wildman–Crippen LogP) is 1.48. The van der Waals surface area contributed by atoms with Crippen LogP contribution < -0.4 is 10.5 Å². The lowest BCUT2D eigenvalue weighted by molar-refractivity contribution is 0.141. The summed E-state index contributed by atoms with van der Waals surface area (Å²) in [5, 5.41) is 10.0. The van der Waals surface area contributed by atoms with Gasteiger partial charge in [-0.25, -0.2) is 0 Å². The Morgan fingerprint density at radius 3 is 2.76 bits per heavy atom. The number of methoxy groups -OCH3 is 2. The van der Waals surface area contributed by atoms with Crippen molar-refractivity contribution in [3.63, 3.8) is 0 Å². The van der Waals surface area contributed by atoms with Crippen molar-refractivity contribution in [2.75, 3.05) is 20.8 Å². The molecule has 1 aromatic rings. The van der Waals surface area contributed by atoms with E-state index in [1.165, 1.54) is 0 Å². The molecule has 0 radical (unpaired) electrons. The minimum absolute atomic E-state index is 0.0591. The van der Waals surface area contributed by atoms with Crippen LogP contribution in [0.1, 0.15) is 24.5 Å². The van der Waals surface area contributed by atoms with Crippen molar-refractivity contribution in [3.8, 4) is 5.75 Å². The highest BCUT2D eigenvalue weighted by atomic mass is 16.5. The summed E-state index contributed by atoms with van der Waals surface area (Å²) in [6.07, 6.45) is 0.714. The molecule has 0 aliphatic heterocycles. The van der Waals surface area contributed by atoms with Gasteiger partial charge in [0.15, 0.2) is 0 Å². The number of nitrogens with two attached hydrogens (primary N) is 1. The maximum Gasteiger partial charge on any atom is 0.119 e. The van der Waals surface area contributed by atoms with Crippen LogP contribution in [0.25, 0.3) is 0 Å². The van der Waals surface area contributed by atoms with Gasteiger partial charge in [0.05, 0.1) is 13.2 Å². The Bertz CT molecular complexity index is 330. The summed E-state index contributed by atoms with van der Waals surface area (Å²) in [7, 11) is 3.25. The molecule has 3 N–H and O–H groups in total. The third-order valence-electron chi connectivity index (χ3n) is 2.70. The van der Waals surface area contributed by atoms with Gasteiger partial charge in [0.2, 0.25) is 0 Å². The van der Waals surface area contributed by atoms with Crippen LogP contribution in [0.15, 0.2) is 24.3 Å². The lowest BCUT2D eigenvalue weighted by Crippen LogP contribution is -2.24. The Hall–Kier alpha value is -1.10. The summed E-state index contributed by atoms with van der Waals surface area (Å²) in [5.41, 5.74) is 6.73. The highest BCUT2D eigenvalue weighted by molar-refractivity contribution is 5.29. The maximum absolute atomic E-state index is 10.0. The Morgan fingerprint density at radius 2 is 2.12 bits per heavy atom. The highest BCUT2D eigenvalue weighted by Gasteiger charge is 2.13. The lowest BCUT2D eigenvalue weighted by Gasteiger charge is -2.17. The van der Waals surface area contributed by atoms with Crippen LogP contribution in [0.5, 0.6) is 5.75 Å². The van der Waals surface area contributed by atoms with Crippen molar-refractivity contribution >= 4 is 0 Å². The van der Waals surface area contributed by atoms with E-state index in [-0.39, 0.29) is 6.04 Å². The molecule has 2 unspecified atom stereocenters. The van der Waals surface area contributed by atoms with Crippen molar-refractivity contribution in [1.82, 2.24) is 0 Å². The van der Waals surface area contributed by atoms with E-state index >= 15 is 0 Å². The van der Waals surface area contributed by atoms with Gasteiger partial charge in [-0.3, -0.25) is 0 Å². The molecule has 0 aliphatic carbocycles. The zero-order valence-corrected chi connectivity index (χ0v) is 10.4. The van der Waals surface area contributed by atoms with Gasteiger partial charge in [0.1, 0.15) is 5.75 Å². The molecule has 1 rings (SSSR count). The summed E-state index contributed by atoms with van der Waals surface area (Å²) in [6.45, 7) is 0.617. The van der Waals surface area contributed by atoms with Crippen LogP contribution in [0.4, 0.5) is 0 Å². The van der Waals surface area contributed by atoms with E-state index in [0.717, 1.165) is 17.7 Å². The minimum Gasteiger partial charge on any atom is -0.497 e. The average molecular weight is 239 g/mol. The molecular formula is C13H21NO3. The predicted molar refractivity (Wildman–Crippen MR) is 67.0 cm³/mol. The first-order valence-electron chi connectivity index (χ1n) is 5.74. The van der Waals surface area contributed by atoms with Gasteiger partial charge < -0.3 is 20.3 Å². The Kier molecular flexibility index (Phi) is 5.97.